The molecule has 4 rings (SSSR count). The van der Waals surface area contributed by atoms with Crippen molar-refractivity contribution >= 4 is 39.9 Å². The monoisotopic (exact) mass is 346 g/mol. The van der Waals surface area contributed by atoms with Gasteiger partial charge in [0.1, 0.15) is 10.7 Å². The molecule has 1 aliphatic heterocycles. The molecule has 0 saturated carbocycles. The lowest BCUT2D eigenvalue weighted by molar-refractivity contribution is 0.0733. The third-order valence-electron chi connectivity index (χ3n) is 3.88. The van der Waals surface area contributed by atoms with Crippen LogP contribution >= 0.6 is 34.0 Å². The molecule has 4 heterocycles. The second-order valence-corrected chi connectivity index (χ2v) is 7.84. The number of likely N-dealkylation sites (tertiary alicyclic amines) is 1. The Bertz CT molecular complexity index is 761. The number of hydrogen-bond acceptors (Lipinski definition) is 5. The van der Waals surface area contributed by atoms with E-state index >= 15 is 0 Å². The number of carbonyl (C=O) groups is 1. The first kappa shape index (κ1) is 14.1. The van der Waals surface area contributed by atoms with Crippen molar-refractivity contribution in [1.82, 2.24) is 9.88 Å². The van der Waals surface area contributed by atoms with Crippen LogP contribution in [-0.4, -0.2) is 22.3 Å². The zero-order chi connectivity index (χ0) is 14.9. The van der Waals surface area contributed by atoms with Gasteiger partial charge in [-0.2, -0.15) is 11.3 Å². The van der Waals surface area contributed by atoms with Gasteiger partial charge in [0.25, 0.3) is 5.91 Å². The fraction of sp³-hybridized carbons (Fsp3) is 0.250. The first-order valence-electron chi connectivity index (χ1n) is 7.15. The molecule has 1 saturated heterocycles. The summed E-state index contributed by atoms with van der Waals surface area (Å²) in [5.74, 6) is 0.0635. The van der Waals surface area contributed by atoms with E-state index in [0.29, 0.717) is 5.69 Å². The van der Waals surface area contributed by atoms with E-state index in [1.165, 1.54) is 4.88 Å². The maximum Gasteiger partial charge on any atom is 0.273 e. The summed E-state index contributed by atoms with van der Waals surface area (Å²) in [5, 5.41) is 8.99. The van der Waals surface area contributed by atoms with Gasteiger partial charge in [-0.1, -0.05) is 6.07 Å². The first-order valence-corrected chi connectivity index (χ1v) is 9.85. The normalized spacial score (nSPS) is 18.0. The van der Waals surface area contributed by atoms with Crippen LogP contribution in [-0.2, 0) is 0 Å². The highest BCUT2D eigenvalue weighted by atomic mass is 32.1. The van der Waals surface area contributed by atoms with Gasteiger partial charge < -0.3 is 4.90 Å². The minimum atomic E-state index is 0.0635. The Hall–Kier alpha value is -1.50. The maximum absolute atomic E-state index is 12.8. The van der Waals surface area contributed by atoms with E-state index in [2.05, 4.69) is 27.9 Å². The summed E-state index contributed by atoms with van der Waals surface area (Å²) in [5.41, 5.74) is 1.68. The molecule has 0 spiro atoms. The van der Waals surface area contributed by atoms with Crippen LogP contribution in [0.2, 0.25) is 0 Å². The molecule has 0 aromatic carbocycles. The smallest absolute Gasteiger partial charge is 0.273 e. The summed E-state index contributed by atoms with van der Waals surface area (Å²) in [4.78, 5) is 20.6. The van der Waals surface area contributed by atoms with Crippen LogP contribution in [0.15, 0.2) is 39.7 Å². The minimum absolute atomic E-state index is 0.0635. The highest BCUT2D eigenvalue weighted by Crippen LogP contribution is 2.36. The van der Waals surface area contributed by atoms with Crippen LogP contribution in [0.3, 0.4) is 0 Å². The zero-order valence-electron chi connectivity index (χ0n) is 11.8. The summed E-state index contributed by atoms with van der Waals surface area (Å²) in [6, 6.07) is 6.44. The molecule has 3 nitrogen and oxygen atoms in total. The number of hydrogen-bond donors (Lipinski definition) is 0. The molecule has 3 aromatic heterocycles. The molecule has 0 radical (unpaired) electrons. The molecule has 1 atom stereocenters. The Balaban J connectivity index is 1.59. The van der Waals surface area contributed by atoms with Gasteiger partial charge >= 0.3 is 0 Å². The molecular formula is C16H14N2OS3. The van der Waals surface area contributed by atoms with Crippen molar-refractivity contribution in [2.24, 2.45) is 0 Å². The van der Waals surface area contributed by atoms with E-state index in [1.807, 2.05) is 21.7 Å². The summed E-state index contributed by atoms with van der Waals surface area (Å²) in [6.45, 7) is 0.826. The van der Waals surface area contributed by atoms with E-state index in [4.69, 9.17) is 0 Å². The Morgan fingerprint density at radius 2 is 2.18 bits per heavy atom. The Labute approximate surface area is 140 Å². The van der Waals surface area contributed by atoms with Gasteiger partial charge in [-0.25, -0.2) is 4.98 Å². The van der Waals surface area contributed by atoms with E-state index in [-0.39, 0.29) is 11.9 Å². The molecule has 112 valence electrons. The Morgan fingerprint density at radius 1 is 1.23 bits per heavy atom. The average molecular weight is 347 g/mol. The second-order valence-electron chi connectivity index (χ2n) is 5.22. The van der Waals surface area contributed by atoms with Crippen molar-refractivity contribution in [3.63, 3.8) is 0 Å². The lowest BCUT2D eigenvalue weighted by atomic mass is 10.2. The lowest BCUT2D eigenvalue weighted by Gasteiger charge is -2.22. The van der Waals surface area contributed by atoms with Gasteiger partial charge in [0, 0.05) is 27.7 Å². The fourth-order valence-electron chi connectivity index (χ4n) is 2.82. The van der Waals surface area contributed by atoms with E-state index in [9.17, 15) is 4.79 Å². The molecule has 0 aliphatic carbocycles. The van der Waals surface area contributed by atoms with Crippen molar-refractivity contribution < 1.29 is 4.79 Å². The number of thiazole rings is 1. The van der Waals surface area contributed by atoms with Crippen molar-refractivity contribution in [3.8, 4) is 10.6 Å². The van der Waals surface area contributed by atoms with Gasteiger partial charge in [0.05, 0.1) is 6.04 Å². The standard InChI is InChI=1S/C16H14N2OS3/c19-16(12-10-22-15(17-12)11-5-8-20-9-11)18-6-1-3-13(18)14-4-2-7-21-14/h2,4-5,7-10,13H,1,3,6H2. The predicted octanol–water partition coefficient (Wildman–Crippen LogP) is 4.91. The molecule has 3 aromatic rings. The largest absolute Gasteiger partial charge is 0.329 e. The second kappa shape index (κ2) is 5.95. The van der Waals surface area contributed by atoms with E-state index < -0.39 is 0 Å². The summed E-state index contributed by atoms with van der Waals surface area (Å²) >= 11 is 4.92. The van der Waals surface area contributed by atoms with Gasteiger partial charge in [0.2, 0.25) is 0 Å². The Kier molecular flexibility index (Phi) is 3.82. The third kappa shape index (κ3) is 2.51. The highest BCUT2D eigenvalue weighted by molar-refractivity contribution is 7.14. The Morgan fingerprint density at radius 3 is 2.95 bits per heavy atom. The van der Waals surface area contributed by atoms with Gasteiger partial charge in [0.15, 0.2) is 0 Å². The molecule has 0 bridgehead atoms. The van der Waals surface area contributed by atoms with Gasteiger partial charge in [-0.05, 0) is 35.7 Å². The average Bonchev–Trinajstić information content (AvgIpc) is 3.35. The maximum atomic E-state index is 12.8. The predicted molar refractivity (Wildman–Crippen MR) is 92.8 cm³/mol. The first-order chi connectivity index (χ1) is 10.8. The zero-order valence-corrected chi connectivity index (χ0v) is 14.2. The number of amides is 1. The molecule has 6 heteroatoms. The lowest BCUT2D eigenvalue weighted by Crippen LogP contribution is -2.30. The number of nitrogens with zero attached hydrogens (tertiary/aromatic N) is 2. The van der Waals surface area contributed by atoms with Crippen LogP contribution in [0.5, 0.6) is 0 Å². The minimum Gasteiger partial charge on any atom is -0.329 e. The molecular weight excluding hydrogens is 332 g/mol. The van der Waals surface area contributed by atoms with E-state index in [1.54, 1.807) is 34.0 Å². The van der Waals surface area contributed by atoms with Crippen LogP contribution in [0.25, 0.3) is 10.6 Å². The number of aromatic nitrogens is 1. The van der Waals surface area contributed by atoms with E-state index in [0.717, 1.165) is 30.0 Å². The topological polar surface area (TPSA) is 33.2 Å². The number of rotatable bonds is 3. The molecule has 0 N–H and O–H groups in total. The van der Waals surface area contributed by atoms with Crippen LogP contribution in [0.1, 0.15) is 34.2 Å². The van der Waals surface area contributed by atoms with Gasteiger partial charge in [-0.3, -0.25) is 4.79 Å². The van der Waals surface area contributed by atoms with Gasteiger partial charge in [-0.15, -0.1) is 22.7 Å². The van der Waals surface area contributed by atoms with Crippen LogP contribution in [0, 0.1) is 0 Å². The van der Waals surface area contributed by atoms with Crippen LogP contribution in [0.4, 0.5) is 0 Å². The molecule has 1 aliphatic rings. The van der Waals surface area contributed by atoms with Crippen molar-refractivity contribution in [2.45, 2.75) is 18.9 Å². The molecule has 1 amide bonds. The quantitative estimate of drug-likeness (QED) is 0.675. The SMILES string of the molecule is O=C(c1csc(-c2ccsc2)n1)N1CCCC1c1cccs1. The van der Waals surface area contributed by atoms with Crippen molar-refractivity contribution in [1.29, 1.82) is 0 Å². The summed E-state index contributed by atoms with van der Waals surface area (Å²) in [6.07, 6.45) is 2.11. The summed E-state index contributed by atoms with van der Waals surface area (Å²) < 4.78 is 0. The van der Waals surface area contributed by atoms with Crippen molar-refractivity contribution in [2.75, 3.05) is 6.54 Å². The van der Waals surface area contributed by atoms with Crippen LogP contribution < -0.4 is 0 Å². The fourth-order valence-corrected chi connectivity index (χ4v) is 5.20. The third-order valence-corrected chi connectivity index (χ3v) is 6.42. The summed E-state index contributed by atoms with van der Waals surface area (Å²) in [7, 11) is 0. The molecule has 1 unspecified atom stereocenters. The highest BCUT2D eigenvalue weighted by Gasteiger charge is 2.32. The molecule has 22 heavy (non-hydrogen) atoms. The molecule has 1 fully saturated rings. The number of carbonyl (C=O) groups excluding carboxylic acids is 1. The number of thiophene rings is 2. The van der Waals surface area contributed by atoms with Crippen molar-refractivity contribution in [3.05, 3.63) is 50.3 Å².